The molecule has 3 aromatic rings. The van der Waals surface area contributed by atoms with E-state index in [1.165, 1.54) is 44.6 Å². The summed E-state index contributed by atoms with van der Waals surface area (Å²) in [5.41, 5.74) is -0.443. The van der Waals surface area contributed by atoms with E-state index in [0.717, 1.165) is 0 Å². The van der Waals surface area contributed by atoms with Crippen molar-refractivity contribution in [1.82, 2.24) is 0 Å². The minimum absolute atomic E-state index is 0.178. The average molecular weight is 354 g/mol. The third-order valence-corrected chi connectivity index (χ3v) is 3.65. The van der Waals surface area contributed by atoms with Gasteiger partial charge in [-0.05, 0) is 42.5 Å². The molecule has 7 nitrogen and oxygen atoms in total. The van der Waals surface area contributed by atoms with Crippen LogP contribution in [-0.2, 0) is 4.74 Å². The summed E-state index contributed by atoms with van der Waals surface area (Å²) in [6, 6.07) is 12.0. The van der Waals surface area contributed by atoms with Crippen LogP contribution in [0.4, 0.5) is 0 Å². The highest BCUT2D eigenvalue weighted by molar-refractivity contribution is 5.94. The van der Waals surface area contributed by atoms with Gasteiger partial charge in [-0.15, -0.1) is 0 Å². The molecule has 0 amide bonds. The molecular formula is C19H14O7. The Morgan fingerprint density at radius 3 is 2.23 bits per heavy atom. The molecule has 0 saturated heterocycles. The molecule has 0 aliphatic rings. The van der Waals surface area contributed by atoms with Gasteiger partial charge in [0.05, 0.1) is 19.8 Å². The van der Waals surface area contributed by atoms with Crippen LogP contribution in [0, 0.1) is 0 Å². The van der Waals surface area contributed by atoms with Crippen LogP contribution in [0.2, 0.25) is 0 Å². The number of benzene rings is 2. The Bertz CT molecular complexity index is 1030. The van der Waals surface area contributed by atoms with Gasteiger partial charge in [0.15, 0.2) is 0 Å². The number of ether oxygens (including phenoxy) is 3. The van der Waals surface area contributed by atoms with Crippen LogP contribution in [-0.4, -0.2) is 26.2 Å². The quantitative estimate of drug-likeness (QED) is 0.404. The van der Waals surface area contributed by atoms with Crippen LogP contribution < -0.4 is 15.1 Å². The molecule has 2 aromatic carbocycles. The van der Waals surface area contributed by atoms with Crippen molar-refractivity contribution in [2.75, 3.05) is 14.2 Å². The number of hydrogen-bond donors (Lipinski definition) is 0. The molecule has 0 aliphatic carbocycles. The fourth-order valence-electron chi connectivity index (χ4n) is 2.30. The normalized spacial score (nSPS) is 10.4. The molecule has 3 rings (SSSR count). The van der Waals surface area contributed by atoms with Gasteiger partial charge in [0.2, 0.25) is 0 Å². The lowest BCUT2D eigenvalue weighted by molar-refractivity contribution is 0.0600. The summed E-state index contributed by atoms with van der Waals surface area (Å²) in [5.74, 6) is -0.658. The van der Waals surface area contributed by atoms with Crippen LogP contribution in [0.1, 0.15) is 20.7 Å². The minimum Gasteiger partial charge on any atom is -0.497 e. The first-order valence-corrected chi connectivity index (χ1v) is 7.54. The Labute approximate surface area is 147 Å². The van der Waals surface area contributed by atoms with Crippen LogP contribution in [0.15, 0.2) is 57.7 Å². The third kappa shape index (κ3) is 3.41. The number of fused-ring (bicyclic) bond motifs is 1. The van der Waals surface area contributed by atoms with Gasteiger partial charge in [-0.2, -0.15) is 0 Å². The zero-order chi connectivity index (χ0) is 18.7. The summed E-state index contributed by atoms with van der Waals surface area (Å²) in [4.78, 5) is 35.7. The van der Waals surface area contributed by atoms with E-state index in [4.69, 9.17) is 13.9 Å². The maximum Gasteiger partial charge on any atom is 0.351 e. The van der Waals surface area contributed by atoms with E-state index in [0.29, 0.717) is 22.3 Å². The standard InChI is InChI=1S/C19H14O7/c1-23-14-8-5-12-9-15(19(22)26-16(12)10-14)18(21)25-13-6-3-11(4-7-13)17(20)24-2/h3-10H,1-2H3. The summed E-state index contributed by atoms with van der Waals surface area (Å²) < 4.78 is 20.0. The molecule has 132 valence electrons. The summed E-state index contributed by atoms with van der Waals surface area (Å²) in [5, 5.41) is 0.554. The Balaban J connectivity index is 1.86. The van der Waals surface area contributed by atoms with Crippen molar-refractivity contribution in [2.45, 2.75) is 0 Å². The summed E-state index contributed by atoms with van der Waals surface area (Å²) >= 11 is 0. The molecule has 7 heteroatoms. The van der Waals surface area contributed by atoms with Crippen molar-refractivity contribution in [2.24, 2.45) is 0 Å². The van der Waals surface area contributed by atoms with Crippen molar-refractivity contribution in [1.29, 1.82) is 0 Å². The highest BCUT2D eigenvalue weighted by Crippen LogP contribution is 2.21. The smallest absolute Gasteiger partial charge is 0.351 e. The highest BCUT2D eigenvalue weighted by Gasteiger charge is 2.17. The van der Waals surface area contributed by atoms with E-state index in [-0.39, 0.29) is 11.3 Å². The van der Waals surface area contributed by atoms with Gasteiger partial charge in [0.1, 0.15) is 22.6 Å². The lowest BCUT2D eigenvalue weighted by atomic mass is 10.2. The van der Waals surface area contributed by atoms with E-state index in [1.54, 1.807) is 18.2 Å². The first-order chi connectivity index (χ1) is 12.5. The van der Waals surface area contributed by atoms with Gasteiger partial charge < -0.3 is 18.6 Å². The van der Waals surface area contributed by atoms with E-state index in [2.05, 4.69) is 4.74 Å². The van der Waals surface area contributed by atoms with Gasteiger partial charge >= 0.3 is 17.6 Å². The molecule has 0 aliphatic heterocycles. The Morgan fingerprint density at radius 1 is 0.885 bits per heavy atom. The Hall–Kier alpha value is -3.61. The molecule has 0 atom stereocenters. The van der Waals surface area contributed by atoms with Crippen molar-refractivity contribution in [3.8, 4) is 11.5 Å². The molecule has 1 aromatic heterocycles. The Kier molecular flexibility index (Phi) is 4.70. The van der Waals surface area contributed by atoms with Crippen molar-refractivity contribution >= 4 is 22.9 Å². The Morgan fingerprint density at radius 2 is 1.58 bits per heavy atom. The number of methoxy groups -OCH3 is 2. The molecule has 0 N–H and O–H groups in total. The summed E-state index contributed by atoms with van der Waals surface area (Å²) in [6.07, 6.45) is 0. The maximum absolute atomic E-state index is 12.3. The van der Waals surface area contributed by atoms with E-state index in [1.807, 2.05) is 0 Å². The zero-order valence-electron chi connectivity index (χ0n) is 14.0. The van der Waals surface area contributed by atoms with Crippen LogP contribution >= 0.6 is 0 Å². The molecule has 1 heterocycles. The molecule has 0 saturated carbocycles. The number of carbonyl (C=O) groups excluding carboxylic acids is 2. The number of hydrogen-bond acceptors (Lipinski definition) is 7. The SMILES string of the molecule is COC(=O)c1ccc(OC(=O)c2cc3ccc(OC)cc3oc2=O)cc1. The fraction of sp³-hybridized carbons (Fsp3) is 0.105. The lowest BCUT2D eigenvalue weighted by Gasteiger charge is -2.06. The minimum atomic E-state index is -0.859. The molecule has 0 bridgehead atoms. The first-order valence-electron chi connectivity index (χ1n) is 7.54. The predicted molar refractivity (Wildman–Crippen MR) is 91.8 cm³/mol. The van der Waals surface area contributed by atoms with E-state index < -0.39 is 17.6 Å². The first kappa shape index (κ1) is 17.2. The van der Waals surface area contributed by atoms with Gasteiger partial charge in [-0.3, -0.25) is 0 Å². The second-order valence-electron chi connectivity index (χ2n) is 5.26. The third-order valence-electron chi connectivity index (χ3n) is 3.65. The van der Waals surface area contributed by atoms with Gasteiger partial charge in [-0.25, -0.2) is 14.4 Å². The molecule has 0 spiro atoms. The molecule has 0 radical (unpaired) electrons. The lowest BCUT2D eigenvalue weighted by Crippen LogP contribution is -2.18. The number of rotatable bonds is 4. The average Bonchev–Trinajstić information content (AvgIpc) is 2.66. The molecular weight excluding hydrogens is 340 g/mol. The number of carbonyl (C=O) groups is 2. The second-order valence-corrected chi connectivity index (χ2v) is 5.26. The number of esters is 2. The monoisotopic (exact) mass is 354 g/mol. The van der Waals surface area contributed by atoms with Crippen LogP contribution in [0.3, 0.4) is 0 Å². The summed E-state index contributed by atoms with van der Waals surface area (Å²) in [6.45, 7) is 0. The van der Waals surface area contributed by atoms with Gasteiger partial charge in [0.25, 0.3) is 0 Å². The van der Waals surface area contributed by atoms with Crippen LogP contribution in [0.5, 0.6) is 11.5 Å². The predicted octanol–water partition coefficient (Wildman–Crippen LogP) is 2.81. The van der Waals surface area contributed by atoms with Crippen molar-refractivity contribution in [3.63, 3.8) is 0 Å². The van der Waals surface area contributed by atoms with Gasteiger partial charge in [-0.1, -0.05) is 0 Å². The van der Waals surface area contributed by atoms with Gasteiger partial charge in [0, 0.05) is 11.5 Å². The topological polar surface area (TPSA) is 92.0 Å². The highest BCUT2D eigenvalue weighted by atomic mass is 16.5. The van der Waals surface area contributed by atoms with Crippen LogP contribution in [0.25, 0.3) is 11.0 Å². The van der Waals surface area contributed by atoms with Crippen molar-refractivity contribution in [3.05, 3.63) is 70.1 Å². The largest absolute Gasteiger partial charge is 0.497 e. The molecule has 0 fully saturated rings. The maximum atomic E-state index is 12.3. The second kappa shape index (κ2) is 7.10. The molecule has 0 unspecified atom stereocenters. The fourth-order valence-corrected chi connectivity index (χ4v) is 2.30. The van der Waals surface area contributed by atoms with Crippen molar-refractivity contribution < 1.29 is 28.2 Å². The summed E-state index contributed by atoms with van der Waals surface area (Å²) in [7, 11) is 2.77. The molecule has 26 heavy (non-hydrogen) atoms. The van der Waals surface area contributed by atoms with E-state index in [9.17, 15) is 14.4 Å². The zero-order valence-corrected chi connectivity index (χ0v) is 14.0. The van der Waals surface area contributed by atoms with E-state index >= 15 is 0 Å².